The number of hydrogen-bond acceptors (Lipinski definition) is 6. The lowest BCUT2D eigenvalue weighted by Crippen LogP contribution is -2.17. The van der Waals surface area contributed by atoms with Crippen LogP contribution in [-0.2, 0) is 13.6 Å². The van der Waals surface area contributed by atoms with Crippen LogP contribution in [0.1, 0.15) is 27.7 Å². The Morgan fingerprint density at radius 3 is 1.24 bits per heavy atom. The van der Waals surface area contributed by atoms with Gasteiger partial charge in [0.1, 0.15) is 11.5 Å². The second-order valence-corrected chi connectivity index (χ2v) is 9.99. The lowest BCUT2D eigenvalue weighted by Gasteiger charge is -2.27. The highest BCUT2D eigenvalue weighted by molar-refractivity contribution is 7.62. The summed E-state index contributed by atoms with van der Waals surface area (Å²) in [7, 11) is -0.162. The van der Waals surface area contributed by atoms with Crippen LogP contribution in [0.2, 0.25) is 0 Å². The summed E-state index contributed by atoms with van der Waals surface area (Å²) in [5.41, 5.74) is 2.80. The van der Waals surface area contributed by atoms with Crippen molar-refractivity contribution in [2.24, 2.45) is 0 Å². The van der Waals surface area contributed by atoms with Gasteiger partial charge in [0.05, 0.1) is 31.7 Å². The monoisotopic (exact) mass is 469 g/mol. The molecule has 0 saturated heterocycles. The van der Waals surface area contributed by atoms with Crippen LogP contribution in [0.4, 0.5) is 17.1 Å². The molecule has 0 N–H and O–H groups in total. The third-order valence-electron chi connectivity index (χ3n) is 4.78. The zero-order valence-electron chi connectivity index (χ0n) is 20.0. The number of methoxy groups -OCH3 is 2. The molecular formula is C26H32NO5P. The molecule has 0 heterocycles. The van der Waals surface area contributed by atoms with Gasteiger partial charge in [-0.05, 0) is 100 Å². The van der Waals surface area contributed by atoms with Gasteiger partial charge in [-0.1, -0.05) is 0 Å². The first kappa shape index (κ1) is 24.8. The molecule has 0 unspecified atom stereocenters. The van der Waals surface area contributed by atoms with Gasteiger partial charge in [0.15, 0.2) is 0 Å². The van der Waals surface area contributed by atoms with Crippen molar-refractivity contribution in [1.29, 1.82) is 0 Å². The van der Waals surface area contributed by atoms with Crippen LogP contribution in [0.5, 0.6) is 11.5 Å². The molecule has 0 aromatic heterocycles. The molecular weight excluding hydrogens is 437 g/mol. The Hall–Kier alpha value is -2.79. The molecule has 0 aliphatic heterocycles. The maximum atomic E-state index is 13.5. The molecule has 3 rings (SSSR count). The van der Waals surface area contributed by atoms with E-state index in [1.807, 2.05) is 88.4 Å². The molecule has 0 amide bonds. The van der Waals surface area contributed by atoms with Gasteiger partial charge in [-0.15, -0.1) is 0 Å². The van der Waals surface area contributed by atoms with Crippen molar-refractivity contribution < 1.29 is 23.1 Å². The van der Waals surface area contributed by atoms with Gasteiger partial charge in [0, 0.05) is 17.1 Å². The van der Waals surface area contributed by atoms with Crippen LogP contribution in [0.25, 0.3) is 0 Å². The van der Waals surface area contributed by atoms with Crippen LogP contribution in [0, 0.1) is 0 Å². The Kier molecular flexibility index (Phi) is 8.20. The van der Waals surface area contributed by atoms with Gasteiger partial charge in [-0.25, -0.2) is 0 Å². The largest absolute Gasteiger partial charge is 0.497 e. The van der Waals surface area contributed by atoms with Crippen LogP contribution >= 0.6 is 7.60 Å². The van der Waals surface area contributed by atoms with Gasteiger partial charge in [-0.3, -0.25) is 4.57 Å². The smallest absolute Gasteiger partial charge is 0.361 e. The molecule has 0 radical (unpaired) electrons. The van der Waals surface area contributed by atoms with Gasteiger partial charge in [0.25, 0.3) is 0 Å². The quantitative estimate of drug-likeness (QED) is 0.303. The summed E-state index contributed by atoms with van der Waals surface area (Å²) in [6, 6.07) is 23.1. The average Bonchev–Trinajstić information content (AvgIpc) is 2.79. The second-order valence-electron chi connectivity index (χ2n) is 8.05. The van der Waals surface area contributed by atoms with E-state index in [2.05, 4.69) is 4.90 Å². The van der Waals surface area contributed by atoms with Crippen molar-refractivity contribution in [1.82, 2.24) is 0 Å². The molecule has 0 aliphatic rings. The molecule has 33 heavy (non-hydrogen) atoms. The first-order valence-electron chi connectivity index (χ1n) is 10.9. The fraction of sp³-hybridized carbons (Fsp3) is 0.308. The van der Waals surface area contributed by atoms with E-state index < -0.39 is 7.60 Å². The van der Waals surface area contributed by atoms with E-state index in [9.17, 15) is 4.57 Å². The molecule has 0 atom stereocenters. The molecule has 176 valence electrons. The SMILES string of the molecule is COc1ccc(N(c2ccc(OC)cc2)c2ccc(P(=O)(OC(C)C)OC(C)C)cc2)cc1. The minimum Gasteiger partial charge on any atom is -0.497 e. The van der Waals surface area contributed by atoms with E-state index in [0.29, 0.717) is 5.30 Å². The van der Waals surface area contributed by atoms with Crippen molar-refractivity contribution in [3.8, 4) is 11.5 Å². The van der Waals surface area contributed by atoms with Crippen molar-refractivity contribution in [3.05, 3.63) is 72.8 Å². The highest BCUT2D eigenvalue weighted by Crippen LogP contribution is 2.49. The Balaban J connectivity index is 2.03. The van der Waals surface area contributed by atoms with Gasteiger partial charge in [0.2, 0.25) is 0 Å². The molecule has 0 fully saturated rings. The van der Waals surface area contributed by atoms with Crippen LogP contribution in [0.3, 0.4) is 0 Å². The van der Waals surface area contributed by atoms with Gasteiger partial charge in [-0.2, -0.15) is 0 Å². The maximum absolute atomic E-state index is 13.5. The fourth-order valence-corrected chi connectivity index (χ4v) is 5.31. The van der Waals surface area contributed by atoms with E-state index in [4.69, 9.17) is 18.5 Å². The zero-order chi connectivity index (χ0) is 24.0. The summed E-state index contributed by atoms with van der Waals surface area (Å²) < 4.78 is 35.6. The molecule has 3 aromatic carbocycles. The van der Waals surface area contributed by atoms with E-state index in [1.54, 1.807) is 26.4 Å². The molecule has 7 heteroatoms. The third kappa shape index (κ3) is 6.17. The summed E-state index contributed by atoms with van der Waals surface area (Å²) in [5.74, 6) is 1.56. The predicted octanol–water partition coefficient (Wildman–Crippen LogP) is 6.84. The molecule has 0 bridgehead atoms. The Labute approximate surface area is 196 Å². The van der Waals surface area contributed by atoms with Gasteiger partial charge >= 0.3 is 7.60 Å². The molecule has 0 saturated carbocycles. The Bertz CT molecular complexity index is 1000. The molecule has 0 spiro atoms. The molecule has 6 nitrogen and oxygen atoms in total. The predicted molar refractivity (Wildman–Crippen MR) is 134 cm³/mol. The third-order valence-corrected chi connectivity index (χ3v) is 7.11. The van der Waals surface area contributed by atoms with Crippen LogP contribution < -0.4 is 19.7 Å². The standard InChI is InChI=1S/C26H32NO5P/c1-19(2)31-33(28,32-20(3)4)26-17-11-23(12-18-26)27(21-7-13-24(29-5)14-8-21)22-9-15-25(30-6)16-10-22/h7-20H,1-6H3. The Morgan fingerprint density at radius 1 is 0.606 bits per heavy atom. The Morgan fingerprint density at radius 2 is 0.939 bits per heavy atom. The zero-order valence-corrected chi connectivity index (χ0v) is 20.9. The number of nitrogens with zero attached hydrogens (tertiary/aromatic N) is 1. The number of anilines is 3. The van der Waals surface area contributed by atoms with Crippen molar-refractivity contribution >= 4 is 30.0 Å². The minimum absolute atomic E-state index is 0.232. The first-order chi connectivity index (χ1) is 15.8. The number of hydrogen-bond donors (Lipinski definition) is 0. The molecule has 3 aromatic rings. The van der Waals surface area contributed by atoms with E-state index in [0.717, 1.165) is 28.6 Å². The van der Waals surface area contributed by atoms with Crippen molar-refractivity contribution in [3.63, 3.8) is 0 Å². The second kappa shape index (κ2) is 10.9. The molecule has 0 aliphatic carbocycles. The van der Waals surface area contributed by atoms with Gasteiger partial charge < -0.3 is 23.4 Å². The summed E-state index contributed by atoms with van der Waals surface area (Å²) in [6.07, 6.45) is -0.464. The first-order valence-corrected chi connectivity index (χ1v) is 12.5. The normalized spacial score (nSPS) is 11.6. The summed E-state index contributed by atoms with van der Waals surface area (Å²) in [5, 5.41) is 0.526. The highest BCUT2D eigenvalue weighted by atomic mass is 31.2. The number of ether oxygens (including phenoxy) is 2. The minimum atomic E-state index is -3.45. The highest BCUT2D eigenvalue weighted by Gasteiger charge is 2.30. The number of benzene rings is 3. The fourth-order valence-electron chi connectivity index (χ4n) is 3.40. The number of rotatable bonds is 10. The van der Waals surface area contributed by atoms with Crippen LogP contribution in [0.15, 0.2) is 72.8 Å². The average molecular weight is 470 g/mol. The van der Waals surface area contributed by atoms with E-state index >= 15 is 0 Å². The lowest BCUT2D eigenvalue weighted by molar-refractivity contribution is 0.150. The van der Waals surface area contributed by atoms with E-state index in [1.165, 1.54) is 0 Å². The summed E-state index contributed by atoms with van der Waals surface area (Å²) in [6.45, 7) is 7.39. The van der Waals surface area contributed by atoms with Crippen molar-refractivity contribution in [2.75, 3.05) is 19.1 Å². The topological polar surface area (TPSA) is 57.2 Å². The van der Waals surface area contributed by atoms with E-state index in [-0.39, 0.29) is 12.2 Å². The lowest BCUT2D eigenvalue weighted by atomic mass is 10.2. The van der Waals surface area contributed by atoms with Crippen molar-refractivity contribution in [2.45, 2.75) is 39.9 Å². The summed E-state index contributed by atoms with van der Waals surface area (Å²) >= 11 is 0. The maximum Gasteiger partial charge on any atom is 0.361 e. The van der Waals surface area contributed by atoms with Crippen LogP contribution in [-0.4, -0.2) is 26.4 Å². The summed E-state index contributed by atoms with van der Waals surface area (Å²) in [4.78, 5) is 2.10.